The van der Waals surface area contributed by atoms with E-state index in [1.807, 2.05) is 29.2 Å². The normalized spacial score (nSPS) is 26.4. The number of azo groups is 1. The van der Waals surface area contributed by atoms with Gasteiger partial charge in [0.1, 0.15) is 17.2 Å². The second-order valence-electron chi connectivity index (χ2n) is 13.3. The van der Waals surface area contributed by atoms with Crippen molar-refractivity contribution in [2.45, 2.75) is 77.4 Å². The molecule has 2 heterocycles. The highest BCUT2D eigenvalue weighted by atomic mass is 35.5. The molecule has 10 heteroatoms. The summed E-state index contributed by atoms with van der Waals surface area (Å²) in [6, 6.07) is 11.5. The SMILES string of the molecule is CC1CC(C)CC2(C1)N=C(c1cc(F)cc(Cl)c1)C(=O)N2[C@H](CCC1(C)CC1)c1ccc(C(=O)NCC2=NCN=N2)cc1. The summed E-state index contributed by atoms with van der Waals surface area (Å²) in [6.45, 7) is 7.26. The molecule has 0 saturated heterocycles. The summed E-state index contributed by atoms with van der Waals surface area (Å²) in [5.41, 5.74) is 1.70. The number of carbonyl (C=O) groups is 2. The Morgan fingerprint density at radius 3 is 2.49 bits per heavy atom. The first kappa shape index (κ1) is 29.6. The van der Waals surface area contributed by atoms with E-state index in [9.17, 15) is 14.0 Å². The summed E-state index contributed by atoms with van der Waals surface area (Å²) in [5.74, 6) is 0.330. The lowest BCUT2D eigenvalue weighted by Crippen LogP contribution is -2.52. The minimum absolute atomic E-state index is 0.192. The third kappa shape index (κ3) is 6.28. The number of nitrogens with zero attached hydrogens (tertiary/aromatic N) is 5. The molecule has 1 spiro atoms. The standard InChI is InChI=1S/C33H38ClFN6O2/c1-20-12-21(2)17-33(16-20)39-29(24-13-25(34)15-26(35)14-24)31(43)41(33)27(8-9-32(3)10-11-32)22-4-6-23(7-5-22)30(42)36-18-28-37-19-38-40-28/h4-7,13-15,20-21,27H,8-12,16-19H2,1-3H3,(H,36,42)/t20?,21?,27-,33?/m1/s1. The zero-order valence-electron chi connectivity index (χ0n) is 24.9. The lowest BCUT2D eigenvalue weighted by atomic mass is 9.75. The quantitative estimate of drug-likeness (QED) is 0.329. The van der Waals surface area contributed by atoms with Crippen LogP contribution in [0.3, 0.4) is 0 Å². The third-order valence-corrected chi connectivity index (χ3v) is 9.60. The van der Waals surface area contributed by atoms with Gasteiger partial charge in [-0.25, -0.2) is 9.38 Å². The summed E-state index contributed by atoms with van der Waals surface area (Å²) in [4.78, 5) is 38.7. The second-order valence-corrected chi connectivity index (χ2v) is 13.7. The van der Waals surface area contributed by atoms with E-state index in [4.69, 9.17) is 16.6 Å². The molecule has 0 bridgehead atoms. The van der Waals surface area contributed by atoms with Gasteiger partial charge in [-0.1, -0.05) is 44.5 Å². The fourth-order valence-electron chi connectivity index (χ4n) is 7.12. The molecule has 226 valence electrons. The van der Waals surface area contributed by atoms with Crippen molar-refractivity contribution in [3.8, 4) is 0 Å². The van der Waals surface area contributed by atoms with E-state index < -0.39 is 11.5 Å². The van der Waals surface area contributed by atoms with Gasteiger partial charge in [-0.15, -0.1) is 5.11 Å². The maximum atomic E-state index is 14.5. The Bertz CT molecular complexity index is 1490. The molecule has 2 unspecified atom stereocenters. The van der Waals surface area contributed by atoms with Crippen LogP contribution in [0.2, 0.25) is 5.02 Å². The number of hydrogen-bond acceptors (Lipinski definition) is 6. The maximum Gasteiger partial charge on any atom is 0.275 e. The van der Waals surface area contributed by atoms with Gasteiger partial charge in [0, 0.05) is 16.1 Å². The van der Waals surface area contributed by atoms with Gasteiger partial charge < -0.3 is 10.2 Å². The Balaban J connectivity index is 1.35. The number of aliphatic imine (C=N–C) groups is 2. The van der Waals surface area contributed by atoms with Crippen LogP contribution in [0, 0.1) is 23.1 Å². The van der Waals surface area contributed by atoms with Crippen molar-refractivity contribution in [2.24, 2.45) is 37.5 Å². The minimum atomic E-state index is -0.732. The second kappa shape index (κ2) is 11.6. The molecule has 43 heavy (non-hydrogen) atoms. The van der Waals surface area contributed by atoms with Crippen molar-refractivity contribution in [3.05, 3.63) is 70.0 Å². The van der Waals surface area contributed by atoms with E-state index in [2.05, 4.69) is 41.3 Å². The average molecular weight is 605 g/mol. The third-order valence-electron chi connectivity index (χ3n) is 9.39. The molecular formula is C33H38ClFN6O2. The van der Waals surface area contributed by atoms with Crippen molar-refractivity contribution in [1.82, 2.24) is 10.2 Å². The van der Waals surface area contributed by atoms with Gasteiger partial charge >= 0.3 is 0 Å². The topological polar surface area (TPSA) is 98.8 Å². The summed E-state index contributed by atoms with van der Waals surface area (Å²) in [5, 5.41) is 10.8. The van der Waals surface area contributed by atoms with Crippen LogP contribution in [-0.2, 0) is 4.79 Å². The van der Waals surface area contributed by atoms with Gasteiger partial charge in [0.25, 0.3) is 11.8 Å². The van der Waals surface area contributed by atoms with E-state index in [1.165, 1.54) is 25.0 Å². The first-order chi connectivity index (χ1) is 20.5. The van der Waals surface area contributed by atoms with E-state index in [-0.39, 0.29) is 40.6 Å². The first-order valence-electron chi connectivity index (χ1n) is 15.2. The molecule has 4 aliphatic rings. The molecular weight excluding hydrogens is 567 g/mol. The van der Waals surface area contributed by atoms with Crippen LogP contribution >= 0.6 is 11.6 Å². The molecule has 2 aromatic carbocycles. The Hall–Kier alpha value is -3.46. The Labute approximate surface area is 256 Å². The summed E-state index contributed by atoms with van der Waals surface area (Å²) in [7, 11) is 0. The Morgan fingerprint density at radius 2 is 1.86 bits per heavy atom. The molecule has 2 amide bonds. The Kier molecular flexibility index (Phi) is 7.96. The van der Waals surface area contributed by atoms with Crippen molar-refractivity contribution < 1.29 is 14.0 Å². The zero-order chi connectivity index (χ0) is 30.4. The van der Waals surface area contributed by atoms with Gasteiger partial charge in [-0.3, -0.25) is 14.6 Å². The number of rotatable bonds is 9. The monoisotopic (exact) mass is 604 g/mol. The van der Waals surface area contributed by atoms with E-state index in [1.54, 1.807) is 6.07 Å². The minimum Gasteiger partial charge on any atom is -0.345 e. The lowest BCUT2D eigenvalue weighted by molar-refractivity contribution is -0.134. The number of nitrogens with one attached hydrogen (secondary N) is 1. The average Bonchev–Trinajstić information content (AvgIpc) is 3.34. The van der Waals surface area contributed by atoms with Crippen LogP contribution in [0.5, 0.6) is 0 Å². The molecule has 0 radical (unpaired) electrons. The number of halogens is 2. The van der Waals surface area contributed by atoms with E-state index in [0.717, 1.165) is 37.7 Å². The largest absolute Gasteiger partial charge is 0.345 e. The summed E-state index contributed by atoms with van der Waals surface area (Å²) in [6.07, 6.45) is 6.66. The summed E-state index contributed by atoms with van der Waals surface area (Å²) >= 11 is 6.23. The van der Waals surface area contributed by atoms with Crippen LogP contribution < -0.4 is 5.32 Å². The first-order valence-corrected chi connectivity index (χ1v) is 15.6. The van der Waals surface area contributed by atoms with Gasteiger partial charge in [0.15, 0.2) is 12.5 Å². The van der Waals surface area contributed by atoms with Crippen LogP contribution in [-0.4, -0.2) is 47.1 Å². The molecule has 2 aromatic rings. The molecule has 8 nitrogen and oxygen atoms in total. The van der Waals surface area contributed by atoms with Crippen molar-refractivity contribution in [2.75, 3.05) is 13.2 Å². The smallest absolute Gasteiger partial charge is 0.275 e. The molecule has 2 aliphatic heterocycles. The van der Waals surface area contributed by atoms with Gasteiger partial charge in [-0.05, 0) is 98.1 Å². The molecule has 2 fully saturated rings. The number of carbonyl (C=O) groups excluding carboxylic acids is 2. The highest BCUT2D eigenvalue weighted by molar-refractivity contribution is 6.47. The van der Waals surface area contributed by atoms with Gasteiger partial charge in [-0.2, -0.15) is 5.11 Å². The summed E-state index contributed by atoms with van der Waals surface area (Å²) < 4.78 is 14.5. The molecule has 2 saturated carbocycles. The molecule has 0 aromatic heterocycles. The van der Waals surface area contributed by atoms with Crippen molar-refractivity contribution >= 4 is 35.0 Å². The maximum absolute atomic E-state index is 14.5. The fraction of sp³-hybridized carbons (Fsp3) is 0.515. The molecule has 2 aliphatic carbocycles. The number of amidine groups is 1. The molecule has 3 atom stereocenters. The van der Waals surface area contributed by atoms with E-state index >= 15 is 0 Å². The fourth-order valence-corrected chi connectivity index (χ4v) is 7.35. The van der Waals surface area contributed by atoms with Crippen molar-refractivity contribution in [3.63, 3.8) is 0 Å². The Morgan fingerprint density at radius 1 is 1.14 bits per heavy atom. The zero-order valence-corrected chi connectivity index (χ0v) is 25.7. The molecule has 6 rings (SSSR count). The number of hydrogen-bond donors (Lipinski definition) is 1. The highest BCUT2D eigenvalue weighted by Gasteiger charge is 2.53. The van der Waals surface area contributed by atoms with Gasteiger partial charge in [0.05, 0.1) is 12.6 Å². The van der Waals surface area contributed by atoms with Gasteiger partial charge in [0.2, 0.25) is 0 Å². The number of benzene rings is 2. The van der Waals surface area contributed by atoms with Crippen LogP contribution in [0.4, 0.5) is 4.39 Å². The lowest BCUT2D eigenvalue weighted by Gasteiger charge is -2.47. The predicted octanol–water partition coefficient (Wildman–Crippen LogP) is 7.14. The van der Waals surface area contributed by atoms with Crippen LogP contribution in [0.15, 0.2) is 62.7 Å². The van der Waals surface area contributed by atoms with Crippen LogP contribution in [0.25, 0.3) is 0 Å². The van der Waals surface area contributed by atoms with Crippen LogP contribution in [0.1, 0.15) is 93.2 Å². The van der Waals surface area contributed by atoms with E-state index in [0.29, 0.717) is 35.5 Å². The predicted molar refractivity (Wildman–Crippen MR) is 165 cm³/mol. The molecule has 1 N–H and O–H groups in total. The highest BCUT2D eigenvalue weighted by Crippen LogP contribution is 2.53. The number of amides is 2. The van der Waals surface area contributed by atoms with Crippen molar-refractivity contribution in [1.29, 1.82) is 0 Å².